The number of phenolic OH excluding ortho intramolecular Hbond substituents is 1. The van der Waals surface area contributed by atoms with Crippen molar-refractivity contribution in [3.63, 3.8) is 0 Å². The number of benzene rings is 2. The molecule has 0 amide bonds. The van der Waals surface area contributed by atoms with Gasteiger partial charge in [0.1, 0.15) is 5.75 Å². The number of phenols is 1. The molecule has 0 saturated heterocycles. The Morgan fingerprint density at radius 2 is 1.84 bits per heavy atom. The number of hydrogen-bond donors (Lipinski definition) is 4. The minimum Gasteiger partial charge on any atom is -0.507 e. The van der Waals surface area contributed by atoms with E-state index >= 15 is 0 Å². The Labute approximate surface area is 110 Å². The molecule has 0 aromatic heterocycles. The minimum atomic E-state index is -4.40. The van der Waals surface area contributed by atoms with E-state index in [9.17, 15) is 13.5 Å². The van der Waals surface area contributed by atoms with Gasteiger partial charge in [-0.2, -0.15) is 8.42 Å². The van der Waals surface area contributed by atoms with Gasteiger partial charge in [-0.15, -0.1) is 0 Å². The molecular weight excluding hydrogens is 268 g/mol. The van der Waals surface area contributed by atoms with Crippen molar-refractivity contribution >= 4 is 26.6 Å². The first-order chi connectivity index (χ1) is 8.84. The zero-order valence-corrected chi connectivity index (χ0v) is 10.8. The predicted octanol–water partition coefficient (Wildman–Crippen LogP) is 0.875. The Balaban J connectivity index is 2.80. The summed E-state index contributed by atoms with van der Waals surface area (Å²) in [5, 5.41) is 10.6. The van der Waals surface area contributed by atoms with Crippen LogP contribution in [0.15, 0.2) is 29.2 Å². The van der Waals surface area contributed by atoms with Crippen molar-refractivity contribution in [3.05, 3.63) is 29.8 Å². The van der Waals surface area contributed by atoms with Crippen LogP contribution in [0.25, 0.3) is 10.8 Å². The molecule has 0 fully saturated rings. The summed E-state index contributed by atoms with van der Waals surface area (Å²) in [4.78, 5) is -0.394. The molecule has 0 unspecified atom stereocenters. The van der Waals surface area contributed by atoms with E-state index in [1.165, 1.54) is 6.07 Å². The van der Waals surface area contributed by atoms with Crippen LogP contribution < -0.4 is 11.5 Å². The van der Waals surface area contributed by atoms with E-state index in [1.807, 2.05) is 0 Å². The van der Waals surface area contributed by atoms with Crippen LogP contribution in [0.2, 0.25) is 0 Å². The molecule has 0 heterocycles. The van der Waals surface area contributed by atoms with Gasteiger partial charge in [-0.05, 0) is 24.6 Å². The quantitative estimate of drug-likeness (QED) is 0.489. The van der Waals surface area contributed by atoms with Crippen molar-refractivity contribution in [1.29, 1.82) is 0 Å². The predicted molar refractivity (Wildman–Crippen MR) is 72.6 cm³/mol. The second-order valence-electron chi connectivity index (χ2n) is 4.19. The number of aromatic hydroxyl groups is 1. The highest BCUT2D eigenvalue weighted by molar-refractivity contribution is 7.85. The summed E-state index contributed by atoms with van der Waals surface area (Å²) in [6.07, 6.45) is 0.540. The lowest BCUT2D eigenvalue weighted by atomic mass is 10.0. The fourth-order valence-electron chi connectivity index (χ4n) is 1.98. The third kappa shape index (κ3) is 2.48. The highest BCUT2D eigenvalue weighted by Crippen LogP contribution is 2.33. The molecule has 102 valence electrons. The van der Waals surface area contributed by atoms with E-state index in [-0.39, 0.29) is 5.75 Å². The first-order valence-electron chi connectivity index (χ1n) is 5.56. The number of fused-ring (bicyclic) bond motifs is 1. The molecule has 2 aromatic rings. The Morgan fingerprint density at radius 1 is 1.16 bits per heavy atom. The summed E-state index contributed by atoms with van der Waals surface area (Å²) in [5.74, 6) is -0.254. The molecule has 19 heavy (non-hydrogen) atoms. The number of nitrogens with two attached hydrogens (primary N) is 2. The zero-order chi connectivity index (χ0) is 14.2. The first kappa shape index (κ1) is 13.6. The molecule has 0 spiro atoms. The van der Waals surface area contributed by atoms with E-state index in [4.69, 9.17) is 16.0 Å². The van der Waals surface area contributed by atoms with Gasteiger partial charge in [0, 0.05) is 22.5 Å². The summed E-state index contributed by atoms with van der Waals surface area (Å²) < 4.78 is 31.3. The van der Waals surface area contributed by atoms with Crippen molar-refractivity contribution in [2.45, 2.75) is 11.3 Å². The van der Waals surface area contributed by atoms with Gasteiger partial charge in [0.15, 0.2) is 0 Å². The largest absolute Gasteiger partial charge is 0.507 e. The van der Waals surface area contributed by atoms with Gasteiger partial charge in [-0.25, -0.2) is 0 Å². The van der Waals surface area contributed by atoms with E-state index in [1.54, 1.807) is 12.1 Å². The Kier molecular flexibility index (Phi) is 3.36. The molecule has 0 aliphatic carbocycles. The molecule has 0 aliphatic rings. The zero-order valence-electron chi connectivity index (χ0n) is 10.00. The fourth-order valence-corrected chi connectivity index (χ4v) is 2.51. The van der Waals surface area contributed by atoms with Crippen molar-refractivity contribution < 1.29 is 18.1 Å². The normalized spacial score (nSPS) is 11.9. The maximum Gasteiger partial charge on any atom is 0.294 e. The highest BCUT2D eigenvalue weighted by Gasteiger charge is 2.15. The molecule has 2 rings (SSSR count). The Bertz CT molecular complexity index is 741. The van der Waals surface area contributed by atoms with Crippen molar-refractivity contribution in [2.75, 3.05) is 12.3 Å². The first-order valence-corrected chi connectivity index (χ1v) is 7.00. The van der Waals surface area contributed by atoms with E-state index in [0.29, 0.717) is 29.4 Å². The van der Waals surface area contributed by atoms with Crippen LogP contribution in [0.3, 0.4) is 0 Å². The summed E-state index contributed by atoms with van der Waals surface area (Å²) >= 11 is 0. The molecule has 2 aromatic carbocycles. The second kappa shape index (κ2) is 4.69. The third-order valence-corrected chi connectivity index (χ3v) is 3.76. The second-order valence-corrected chi connectivity index (χ2v) is 5.61. The molecular formula is C12H14N2O4S. The lowest BCUT2D eigenvalue weighted by molar-refractivity contribution is 0.471. The molecule has 7 heteroatoms. The topological polar surface area (TPSA) is 127 Å². The molecule has 0 atom stereocenters. The number of rotatable bonds is 3. The lowest BCUT2D eigenvalue weighted by Gasteiger charge is -2.10. The average Bonchev–Trinajstić information content (AvgIpc) is 2.32. The van der Waals surface area contributed by atoms with E-state index < -0.39 is 15.0 Å². The Hall–Kier alpha value is -1.83. The van der Waals surface area contributed by atoms with Gasteiger partial charge in [0.2, 0.25) is 0 Å². The van der Waals surface area contributed by atoms with Crippen LogP contribution in [-0.4, -0.2) is 24.6 Å². The van der Waals surface area contributed by atoms with Gasteiger partial charge in [0.25, 0.3) is 10.1 Å². The summed E-state index contributed by atoms with van der Waals surface area (Å²) in [5.41, 5.74) is 12.5. The van der Waals surface area contributed by atoms with Crippen LogP contribution in [0.1, 0.15) is 5.56 Å². The van der Waals surface area contributed by atoms with E-state index in [0.717, 1.165) is 11.6 Å². The van der Waals surface area contributed by atoms with Crippen LogP contribution in [0.5, 0.6) is 5.75 Å². The van der Waals surface area contributed by atoms with Gasteiger partial charge >= 0.3 is 0 Å². The monoisotopic (exact) mass is 282 g/mol. The molecule has 0 bridgehead atoms. The molecule has 6 N–H and O–H groups in total. The fraction of sp³-hybridized carbons (Fsp3) is 0.167. The maximum absolute atomic E-state index is 11.1. The summed E-state index contributed by atoms with van der Waals surface area (Å²) in [7, 11) is -4.40. The van der Waals surface area contributed by atoms with Crippen LogP contribution in [0, 0.1) is 0 Å². The van der Waals surface area contributed by atoms with Crippen LogP contribution >= 0.6 is 0 Å². The standard InChI is InChI=1S/C12H14N2O4S/c13-4-3-7-1-2-9-10(12(7)14)5-8(6-11(9)15)19(16,17)18/h1-2,5-6,15H,3-4,13-14H2,(H,16,17,18). The summed E-state index contributed by atoms with van der Waals surface area (Å²) in [6.45, 7) is 0.402. The molecule has 6 nitrogen and oxygen atoms in total. The molecule has 0 radical (unpaired) electrons. The third-order valence-electron chi connectivity index (χ3n) is 2.93. The number of hydrogen-bond acceptors (Lipinski definition) is 5. The minimum absolute atomic E-state index is 0.254. The number of anilines is 1. The highest BCUT2D eigenvalue weighted by atomic mass is 32.2. The summed E-state index contributed by atoms with van der Waals surface area (Å²) in [6, 6.07) is 5.59. The van der Waals surface area contributed by atoms with Gasteiger partial charge in [-0.3, -0.25) is 4.55 Å². The SMILES string of the molecule is NCCc1ccc2c(O)cc(S(=O)(=O)O)cc2c1N. The van der Waals surface area contributed by atoms with Crippen LogP contribution in [-0.2, 0) is 16.5 Å². The van der Waals surface area contributed by atoms with Crippen molar-refractivity contribution in [3.8, 4) is 5.75 Å². The van der Waals surface area contributed by atoms with Crippen molar-refractivity contribution in [1.82, 2.24) is 0 Å². The average molecular weight is 282 g/mol. The Morgan fingerprint density at radius 3 is 2.42 bits per heavy atom. The van der Waals surface area contributed by atoms with E-state index in [2.05, 4.69) is 0 Å². The van der Waals surface area contributed by atoms with Gasteiger partial charge in [0.05, 0.1) is 4.90 Å². The lowest BCUT2D eigenvalue weighted by Crippen LogP contribution is -2.06. The molecule has 0 aliphatic heterocycles. The van der Waals surface area contributed by atoms with Crippen LogP contribution in [0.4, 0.5) is 5.69 Å². The van der Waals surface area contributed by atoms with Gasteiger partial charge < -0.3 is 16.6 Å². The smallest absolute Gasteiger partial charge is 0.294 e. The molecule has 0 saturated carbocycles. The van der Waals surface area contributed by atoms with Gasteiger partial charge in [-0.1, -0.05) is 12.1 Å². The van der Waals surface area contributed by atoms with Crippen molar-refractivity contribution in [2.24, 2.45) is 5.73 Å². The number of nitrogen functional groups attached to an aromatic ring is 1. The maximum atomic E-state index is 11.1.